The van der Waals surface area contributed by atoms with Gasteiger partial charge in [0, 0.05) is 33.1 Å². The van der Waals surface area contributed by atoms with Crippen LogP contribution in [0.4, 0.5) is 11.6 Å². The Morgan fingerprint density at radius 2 is 1.65 bits per heavy atom. The van der Waals surface area contributed by atoms with Gasteiger partial charge in [-0.05, 0) is 18.9 Å². The molecule has 330 valence electrons. The van der Waals surface area contributed by atoms with E-state index in [0.717, 1.165) is 23.2 Å². The number of anilines is 2. The monoisotopic (exact) mass is 890 g/mol. The van der Waals surface area contributed by atoms with Gasteiger partial charge in [-0.2, -0.15) is 4.98 Å². The first-order valence-corrected chi connectivity index (χ1v) is 20.8. The molecule has 0 bridgehead atoms. The van der Waals surface area contributed by atoms with Gasteiger partial charge in [-0.3, -0.25) is 32.3 Å². The van der Waals surface area contributed by atoms with Crippen molar-refractivity contribution >= 4 is 56.2 Å². The second kappa shape index (κ2) is 19.3. The van der Waals surface area contributed by atoms with Crippen molar-refractivity contribution < 1.29 is 76.2 Å². The molecule has 0 aliphatic carbocycles. The normalized spacial score (nSPS) is 25.7. The molecule has 0 saturated carbocycles. The highest BCUT2D eigenvalue weighted by Gasteiger charge is 2.52. The lowest BCUT2D eigenvalue weighted by Crippen LogP contribution is -2.47. The Labute approximate surface area is 339 Å². The molecular formula is C31H44N10O17P2. The van der Waals surface area contributed by atoms with E-state index in [9.17, 15) is 53.2 Å². The number of hydrogen-bond donors (Lipinski definition) is 8. The van der Waals surface area contributed by atoms with E-state index in [-0.39, 0.29) is 54.4 Å². The maximum Gasteiger partial charge on any atom is 0.472 e. The van der Waals surface area contributed by atoms with Gasteiger partial charge in [0.1, 0.15) is 54.2 Å². The SMILES string of the molecule is C=CCCC(=O)NC(CCC(=O)N(C)C)C(=O)O[C@H]1[C@@H](O)[C@H](n2cnc3c(N)ncnc32)O[C@@H]1COP(=O)(O)O[C@H]1[C@@H](O)[C@H](n2ccc(N)nc2=O)O[C@@H]1COP(=O)(O)O. The van der Waals surface area contributed by atoms with Crippen LogP contribution in [-0.2, 0) is 51.3 Å². The molecule has 5 rings (SSSR count). The zero-order valence-electron chi connectivity index (χ0n) is 31.8. The number of aromatic nitrogens is 6. The van der Waals surface area contributed by atoms with E-state index in [1.807, 2.05) is 0 Å². The van der Waals surface area contributed by atoms with Gasteiger partial charge in [-0.1, -0.05) is 6.08 Å². The number of phosphoric acid groups is 2. The van der Waals surface area contributed by atoms with Gasteiger partial charge in [0.15, 0.2) is 30.0 Å². The number of nitrogen functional groups attached to an aromatic ring is 2. The number of allylic oxidation sites excluding steroid dienone is 1. The van der Waals surface area contributed by atoms with Crippen molar-refractivity contribution in [3.05, 3.63) is 48.1 Å². The fraction of sp³-hybridized carbons (Fsp3) is 0.548. The predicted molar refractivity (Wildman–Crippen MR) is 200 cm³/mol. The number of esters is 1. The Hall–Kier alpha value is -4.76. The summed E-state index contributed by atoms with van der Waals surface area (Å²) in [6.07, 6.45) is -9.48. The van der Waals surface area contributed by atoms with Crippen LogP contribution in [0.15, 0.2) is 42.4 Å². The maximum atomic E-state index is 13.7. The van der Waals surface area contributed by atoms with Crippen molar-refractivity contribution in [1.82, 2.24) is 39.3 Å². The summed E-state index contributed by atoms with van der Waals surface area (Å²) in [4.78, 5) is 97.7. The molecule has 10 atom stereocenters. The van der Waals surface area contributed by atoms with E-state index < -0.39 is 102 Å². The van der Waals surface area contributed by atoms with Crippen molar-refractivity contribution in [3.8, 4) is 0 Å². The third kappa shape index (κ3) is 11.3. The number of hydrogen-bond acceptors (Lipinski definition) is 20. The number of imidazole rings is 1. The van der Waals surface area contributed by atoms with E-state index in [2.05, 4.69) is 36.4 Å². The second-order valence-corrected chi connectivity index (χ2v) is 16.2. The molecule has 2 saturated heterocycles. The standard InChI is InChI=1S/C31H44N10O17P2/c1-4-5-6-19(42)37-15(7-8-20(43)39(2)3)30(46)57-24-16(55-29(22(24)44)41-14-36-21-26(33)34-13-35-27(21)41)12-54-60(51,52)58-25-17(11-53-59(48,49)50)56-28(23(25)45)40-10-9-18(32)38-31(40)47/h4,9-10,13-17,22-25,28-29,44-45H,1,5-8,11-12H2,2-3H3,(H,37,42)(H,51,52)(H2,32,38,47)(H2,33,34,35)(H2,48,49,50)/t15?,16-,17-,22-,23-,24-,25-,28-,29-/m1/s1. The molecule has 10 N–H and O–H groups in total. The molecule has 0 spiro atoms. The first-order valence-electron chi connectivity index (χ1n) is 17.8. The summed E-state index contributed by atoms with van der Waals surface area (Å²) in [7, 11) is -7.63. The summed E-state index contributed by atoms with van der Waals surface area (Å²) in [6.45, 7) is 1.52. The Morgan fingerprint density at radius 3 is 2.30 bits per heavy atom. The third-order valence-electron chi connectivity index (χ3n) is 9.06. The summed E-state index contributed by atoms with van der Waals surface area (Å²) in [5, 5.41) is 25.2. The lowest BCUT2D eigenvalue weighted by Gasteiger charge is -2.26. The number of nitrogens with one attached hydrogen (secondary N) is 1. The smallest absolute Gasteiger partial charge is 0.455 e. The number of carbonyl (C=O) groups is 3. The predicted octanol–water partition coefficient (Wildman–Crippen LogP) is -2.39. The topological polar surface area (TPSA) is 388 Å². The number of fused-ring (bicyclic) bond motifs is 1. The summed E-state index contributed by atoms with van der Waals surface area (Å²) >= 11 is 0. The molecule has 60 heavy (non-hydrogen) atoms. The first-order chi connectivity index (χ1) is 28.2. The fourth-order valence-corrected chi connectivity index (χ4v) is 7.40. The van der Waals surface area contributed by atoms with Gasteiger partial charge < -0.3 is 60.8 Å². The summed E-state index contributed by atoms with van der Waals surface area (Å²) in [5.41, 5.74) is 10.6. The van der Waals surface area contributed by atoms with Gasteiger partial charge in [-0.15, -0.1) is 6.58 Å². The van der Waals surface area contributed by atoms with Gasteiger partial charge in [0.05, 0.1) is 19.5 Å². The van der Waals surface area contributed by atoms with Crippen LogP contribution in [0.2, 0.25) is 0 Å². The Morgan fingerprint density at radius 1 is 1.00 bits per heavy atom. The van der Waals surface area contributed by atoms with Crippen LogP contribution >= 0.6 is 15.6 Å². The maximum absolute atomic E-state index is 13.7. The molecule has 3 aromatic heterocycles. The van der Waals surface area contributed by atoms with Crippen molar-refractivity contribution in [2.45, 2.75) is 80.8 Å². The Bertz CT molecular complexity index is 2200. The van der Waals surface area contributed by atoms with Crippen LogP contribution in [0.25, 0.3) is 11.2 Å². The molecule has 29 heteroatoms. The molecular weight excluding hydrogens is 846 g/mol. The Kier molecular flexibility index (Phi) is 14.9. The minimum absolute atomic E-state index is 0.0304. The first kappa shape index (κ1) is 46.3. The zero-order chi connectivity index (χ0) is 44.1. The number of nitrogens with two attached hydrogens (primary N) is 2. The van der Waals surface area contributed by atoms with Crippen LogP contribution in [0.1, 0.15) is 38.1 Å². The van der Waals surface area contributed by atoms with Gasteiger partial charge >= 0.3 is 27.3 Å². The van der Waals surface area contributed by atoms with Crippen LogP contribution in [0.5, 0.6) is 0 Å². The molecule has 2 amide bonds. The molecule has 27 nitrogen and oxygen atoms in total. The molecule has 2 aliphatic heterocycles. The van der Waals surface area contributed by atoms with E-state index in [1.165, 1.54) is 36.0 Å². The lowest BCUT2D eigenvalue weighted by atomic mass is 10.1. The van der Waals surface area contributed by atoms with E-state index in [4.69, 9.17) is 34.7 Å². The highest BCUT2D eigenvalue weighted by atomic mass is 31.2. The van der Waals surface area contributed by atoms with Crippen LogP contribution in [0.3, 0.4) is 0 Å². The average molecular weight is 891 g/mol. The highest BCUT2D eigenvalue weighted by Crippen LogP contribution is 2.50. The number of phosphoric ester groups is 2. The van der Waals surface area contributed by atoms with Gasteiger partial charge in [0.25, 0.3) is 0 Å². The number of aliphatic hydroxyl groups is 2. The lowest BCUT2D eigenvalue weighted by molar-refractivity contribution is -0.160. The fourth-order valence-electron chi connectivity index (χ4n) is 6.10. The van der Waals surface area contributed by atoms with E-state index in [1.54, 1.807) is 0 Å². The molecule has 2 aliphatic rings. The number of aliphatic hydroxyl groups excluding tert-OH is 2. The number of nitrogens with zero attached hydrogens (tertiary/aromatic N) is 7. The molecule has 2 unspecified atom stereocenters. The molecule has 3 aromatic rings. The van der Waals surface area contributed by atoms with Crippen molar-refractivity contribution in [1.29, 1.82) is 0 Å². The largest absolute Gasteiger partial charge is 0.472 e. The number of carbonyl (C=O) groups excluding carboxylic acids is 3. The minimum atomic E-state index is -5.44. The zero-order valence-corrected chi connectivity index (χ0v) is 33.6. The average Bonchev–Trinajstić information content (AvgIpc) is 3.83. The van der Waals surface area contributed by atoms with Gasteiger partial charge in [0.2, 0.25) is 11.8 Å². The quantitative estimate of drug-likeness (QED) is 0.0353. The molecule has 0 radical (unpaired) electrons. The van der Waals surface area contributed by atoms with Crippen LogP contribution in [-0.4, -0.2) is 147 Å². The van der Waals surface area contributed by atoms with Crippen LogP contribution in [0, 0.1) is 0 Å². The van der Waals surface area contributed by atoms with Crippen LogP contribution < -0.4 is 22.5 Å². The molecule has 0 aromatic carbocycles. The summed E-state index contributed by atoms with van der Waals surface area (Å²) in [5.74, 6) is -2.32. The van der Waals surface area contributed by atoms with Gasteiger partial charge in [-0.25, -0.2) is 33.7 Å². The highest BCUT2D eigenvalue weighted by molar-refractivity contribution is 7.47. The summed E-state index contributed by atoms with van der Waals surface area (Å²) in [6, 6.07) is -0.267. The molecule has 5 heterocycles. The second-order valence-electron chi connectivity index (χ2n) is 13.5. The van der Waals surface area contributed by atoms with E-state index in [0.29, 0.717) is 0 Å². The minimum Gasteiger partial charge on any atom is -0.455 e. The van der Waals surface area contributed by atoms with E-state index >= 15 is 0 Å². The van der Waals surface area contributed by atoms with Crippen molar-refractivity contribution in [3.63, 3.8) is 0 Å². The molecule has 2 fully saturated rings. The number of ether oxygens (including phenoxy) is 3. The van der Waals surface area contributed by atoms with Crippen molar-refractivity contribution in [2.24, 2.45) is 0 Å². The Balaban J connectivity index is 1.40. The van der Waals surface area contributed by atoms with Crippen molar-refractivity contribution in [2.75, 3.05) is 38.8 Å². The number of rotatable bonds is 19. The third-order valence-corrected chi connectivity index (χ3v) is 10.5. The summed E-state index contributed by atoms with van der Waals surface area (Å²) < 4.78 is 59.1. The number of amides is 2.